The Balaban J connectivity index is 1.64. The molecule has 0 unspecified atom stereocenters. The molecule has 0 aliphatic heterocycles. The molecule has 152 valence electrons. The minimum absolute atomic E-state index is 0.0185. The number of hydrogen-bond acceptors (Lipinski definition) is 6. The Bertz CT molecular complexity index is 807. The molecule has 1 saturated carbocycles. The van der Waals surface area contributed by atoms with Crippen LogP contribution in [0, 0.1) is 11.8 Å². The van der Waals surface area contributed by atoms with E-state index in [0.717, 1.165) is 17.7 Å². The van der Waals surface area contributed by atoms with Crippen LogP contribution >= 0.6 is 11.8 Å². The van der Waals surface area contributed by atoms with E-state index in [1.165, 1.54) is 29.3 Å². The highest BCUT2D eigenvalue weighted by atomic mass is 32.2. The van der Waals surface area contributed by atoms with Crippen LogP contribution in [-0.4, -0.2) is 39.2 Å². The third kappa shape index (κ3) is 4.43. The highest BCUT2D eigenvalue weighted by Crippen LogP contribution is 2.30. The van der Waals surface area contributed by atoms with Crippen LogP contribution in [0.25, 0.3) is 11.4 Å². The van der Waals surface area contributed by atoms with Crippen molar-refractivity contribution >= 4 is 17.7 Å². The molecular weight excluding hydrogens is 374 g/mol. The number of carbonyl (C=O) groups is 1. The molecule has 1 heterocycles. The van der Waals surface area contributed by atoms with Crippen LogP contribution in [0.4, 0.5) is 0 Å². The van der Waals surface area contributed by atoms with Gasteiger partial charge in [0.15, 0.2) is 5.82 Å². The van der Waals surface area contributed by atoms with Gasteiger partial charge in [0.25, 0.3) is 0 Å². The predicted octanol–water partition coefficient (Wildman–Crippen LogP) is 3.09. The molecule has 7 nitrogen and oxygen atoms in total. The largest absolute Gasteiger partial charge is 0.497 e. The molecule has 0 spiro atoms. The Morgan fingerprint density at radius 2 is 2.00 bits per heavy atom. The first-order chi connectivity index (χ1) is 13.4. The Morgan fingerprint density at radius 1 is 1.29 bits per heavy atom. The minimum atomic E-state index is -0.306. The lowest BCUT2D eigenvalue weighted by Gasteiger charge is -2.35. The van der Waals surface area contributed by atoms with E-state index in [0.29, 0.717) is 22.8 Å². The van der Waals surface area contributed by atoms with Crippen molar-refractivity contribution in [1.82, 2.24) is 20.2 Å². The zero-order valence-electron chi connectivity index (χ0n) is 16.9. The molecule has 3 N–H and O–H groups in total. The van der Waals surface area contributed by atoms with Crippen LogP contribution < -0.4 is 15.9 Å². The third-order valence-electron chi connectivity index (χ3n) is 5.70. The van der Waals surface area contributed by atoms with E-state index in [1.807, 2.05) is 31.2 Å². The Morgan fingerprint density at radius 3 is 2.68 bits per heavy atom. The molecule has 1 aliphatic rings. The topological polar surface area (TPSA) is 95.1 Å². The molecular formula is C20H29N5O2S. The normalized spacial score (nSPS) is 23.2. The predicted molar refractivity (Wildman–Crippen MR) is 112 cm³/mol. The van der Waals surface area contributed by atoms with E-state index in [-0.39, 0.29) is 17.2 Å². The van der Waals surface area contributed by atoms with Crippen molar-refractivity contribution in [2.75, 3.05) is 13.0 Å². The average molecular weight is 404 g/mol. The third-order valence-corrected chi connectivity index (χ3v) is 6.76. The summed E-state index contributed by atoms with van der Waals surface area (Å²) in [5.41, 5.74) is 0.838. The first kappa shape index (κ1) is 20.5. The summed E-state index contributed by atoms with van der Waals surface area (Å²) in [6.45, 7) is 6.36. The van der Waals surface area contributed by atoms with Crippen molar-refractivity contribution in [1.29, 1.82) is 0 Å². The van der Waals surface area contributed by atoms with Gasteiger partial charge in [0.05, 0.1) is 12.4 Å². The molecule has 3 rings (SSSR count). The number of nitrogen functional groups attached to an aromatic ring is 1. The number of nitrogens with zero attached hydrogens (tertiary/aromatic N) is 3. The van der Waals surface area contributed by atoms with Gasteiger partial charge in [-0.1, -0.05) is 38.5 Å². The number of rotatable bonds is 6. The van der Waals surface area contributed by atoms with Crippen LogP contribution in [-0.2, 0) is 4.79 Å². The molecule has 1 fully saturated rings. The molecule has 2 aromatic rings. The lowest BCUT2D eigenvalue weighted by molar-refractivity contribution is -0.121. The first-order valence-corrected chi connectivity index (χ1v) is 10.6. The Hall–Kier alpha value is -2.22. The summed E-state index contributed by atoms with van der Waals surface area (Å²) in [6, 6.07) is 7.69. The van der Waals surface area contributed by atoms with Crippen molar-refractivity contribution in [2.24, 2.45) is 11.8 Å². The van der Waals surface area contributed by atoms with Gasteiger partial charge in [0, 0.05) is 11.6 Å². The fraction of sp³-hybridized carbons (Fsp3) is 0.550. The quantitative estimate of drug-likeness (QED) is 0.568. The van der Waals surface area contributed by atoms with Gasteiger partial charge in [0.2, 0.25) is 11.1 Å². The maximum atomic E-state index is 12.7. The smallest absolute Gasteiger partial charge is 0.233 e. The van der Waals surface area contributed by atoms with Crippen LogP contribution in [0.2, 0.25) is 0 Å². The fourth-order valence-electron chi connectivity index (χ4n) is 3.59. The van der Waals surface area contributed by atoms with Crippen molar-refractivity contribution in [3.8, 4) is 17.1 Å². The van der Waals surface area contributed by atoms with Crippen molar-refractivity contribution in [2.45, 2.75) is 56.5 Å². The number of thioether (sulfide) groups is 1. The van der Waals surface area contributed by atoms with Gasteiger partial charge < -0.3 is 15.9 Å². The summed E-state index contributed by atoms with van der Waals surface area (Å²) in [7, 11) is 1.62. The number of ether oxygens (including phenoxy) is 1. The first-order valence-electron chi connectivity index (χ1n) is 9.72. The summed E-state index contributed by atoms with van der Waals surface area (Å²) in [5, 5.41) is 11.8. The van der Waals surface area contributed by atoms with E-state index in [2.05, 4.69) is 29.4 Å². The van der Waals surface area contributed by atoms with E-state index < -0.39 is 0 Å². The molecule has 1 amide bonds. The van der Waals surface area contributed by atoms with E-state index >= 15 is 0 Å². The SMILES string of the molecule is COc1ccc(-c2nnc(S[C@H](C)C(=O)N[C@@H]3CCC[C@@H](C)[C@H]3C)n2N)cc1. The van der Waals surface area contributed by atoms with Gasteiger partial charge in [-0.25, -0.2) is 4.68 Å². The molecule has 0 bridgehead atoms. The summed E-state index contributed by atoms with van der Waals surface area (Å²) < 4.78 is 6.61. The van der Waals surface area contributed by atoms with Crippen molar-refractivity contribution < 1.29 is 9.53 Å². The second-order valence-corrected chi connectivity index (χ2v) is 8.86. The molecule has 1 aromatic heterocycles. The lowest BCUT2D eigenvalue weighted by atomic mass is 9.78. The average Bonchev–Trinajstić information content (AvgIpc) is 3.05. The van der Waals surface area contributed by atoms with Crippen LogP contribution in [0.15, 0.2) is 29.4 Å². The van der Waals surface area contributed by atoms with Crippen LogP contribution in [0.3, 0.4) is 0 Å². The number of nitrogens with two attached hydrogens (primary N) is 1. The maximum absolute atomic E-state index is 12.7. The van der Waals surface area contributed by atoms with E-state index in [9.17, 15) is 4.79 Å². The second-order valence-electron chi connectivity index (χ2n) is 7.55. The van der Waals surface area contributed by atoms with Crippen molar-refractivity contribution in [3.05, 3.63) is 24.3 Å². The van der Waals surface area contributed by atoms with E-state index in [4.69, 9.17) is 10.6 Å². The zero-order chi connectivity index (χ0) is 20.3. The number of amides is 1. The van der Waals surface area contributed by atoms with Gasteiger partial charge in [-0.15, -0.1) is 10.2 Å². The van der Waals surface area contributed by atoms with Crippen molar-refractivity contribution in [3.63, 3.8) is 0 Å². The van der Waals surface area contributed by atoms with Crippen LogP contribution in [0.5, 0.6) is 5.75 Å². The molecule has 0 saturated heterocycles. The summed E-state index contributed by atoms with van der Waals surface area (Å²) in [5.74, 6) is 8.65. The number of benzene rings is 1. The second kappa shape index (κ2) is 8.86. The van der Waals surface area contributed by atoms with E-state index in [1.54, 1.807) is 7.11 Å². The van der Waals surface area contributed by atoms with Gasteiger partial charge in [-0.2, -0.15) is 0 Å². The number of nitrogens with one attached hydrogen (secondary N) is 1. The van der Waals surface area contributed by atoms with Gasteiger partial charge in [0.1, 0.15) is 5.75 Å². The summed E-state index contributed by atoms with van der Waals surface area (Å²) >= 11 is 1.32. The summed E-state index contributed by atoms with van der Waals surface area (Å²) in [6.07, 6.45) is 3.45. The molecule has 28 heavy (non-hydrogen) atoms. The number of carbonyl (C=O) groups excluding carboxylic acids is 1. The number of methoxy groups -OCH3 is 1. The maximum Gasteiger partial charge on any atom is 0.233 e. The molecule has 8 heteroatoms. The van der Waals surface area contributed by atoms with Gasteiger partial charge in [-0.05, 0) is 49.4 Å². The standard InChI is InChI=1S/C20H29N5O2S/c1-12-6-5-7-17(13(12)2)22-19(26)14(3)28-20-24-23-18(25(20)21)15-8-10-16(27-4)11-9-15/h8-14,17H,5-7,21H2,1-4H3,(H,22,26)/t12-,13-,14-,17-/m1/s1. The Kier molecular flexibility index (Phi) is 6.49. The van der Waals surface area contributed by atoms with Gasteiger partial charge >= 0.3 is 0 Å². The minimum Gasteiger partial charge on any atom is -0.497 e. The monoisotopic (exact) mass is 403 g/mol. The molecule has 1 aliphatic carbocycles. The molecule has 1 aromatic carbocycles. The Labute approximate surface area is 170 Å². The fourth-order valence-corrected chi connectivity index (χ4v) is 4.37. The highest BCUT2D eigenvalue weighted by Gasteiger charge is 2.30. The van der Waals surface area contributed by atoms with Crippen LogP contribution in [0.1, 0.15) is 40.0 Å². The zero-order valence-corrected chi connectivity index (χ0v) is 17.7. The molecule has 4 atom stereocenters. The highest BCUT2D eigenvalue weighted by molar-refractivity contribution is 8.00. The summed E-state index contributed by atoms with van der Waals surface area (Å²) in [4.78, 5) is 12.7. The number of aromatic nitrogens is 3. The van der Waals surface area contributed by atoms with Gasteiger partial charge in [-0.3, -0.25) is 4.79 Å². The molecule has 0 radical (unpaired) electrons. The number of hydrogen-bond donors (Lipinski definition) is 2. The lowest BCUT2D eigenvalue weighted by Crippen LogP contribution is -2.46.